The smallest absolute Gasteiger partial charge is 0.121 e. The fourth-order valence-corrected chi connectivity index (χ4v) is 0. The van der Waals surface area contributed by atoms with Crippen LogP contribution < -0.4 is 0 Å². The minimum atomic E-state index is -1.03. The van der Waals surface area contributed by atoms with Gasteiger partial charge in [0.15, 0.2) is 0 Å². The molecule has 0 spiro atoms. The van der Waals surface area contributed by atoms with Crippen LogP contribution in [0, 0.1) is 6.10 Å². The van der Waals surface area contributed by atoms with Gasteiger partial charge in [-0.25, -0.2) is 0 Å². The van der Waals surface area contributed by atoms with E-state index in [-0.39, 0.29) is 6.10 Å². The number of aliphatic hydroxyl groups is 2. The monoisotopic (exact) mass is 103 g/mol. The molecule has 0 aromatic rings. The summed E-state index contributed by atoms with van der Waals surface area (Å²) in [6, 6.07) is 0. The van der Waals surface area contributed by atoms with Gasteiger partial charge in [0.05, 0.1) is 5.60 Å². The van der Waals surface area contributed by atoms with Gasteiger partial charge in [0.1, 0.15) is 6.10 Å². The van der Waals surface area contributed by atoms with E-state index in [1.165, 1.54) is 20.8 Å². The Hall–Kier alpha value is -0.0800. The van der Waals surface area contributed by atoms with Crippen molar-refractivity contribution in [1.29, 1.82) is 0 Å². The molecule has 1 radical (unpaired) electrons. The third-order valence-corrected chi connectivity index (χ3v) is 0.885. The van der Waals surface area contributed by atoms with Gasteiger partial charge >= 0.3 is 0 Å². The highest BCUT2D eigenvalue weighted by molar-refractivity contribution is 4.87. The molecular formula is C5H11O2. The Morgan fingerprint density at radius 1 is 1.43 bits per heavy atom. The van der Waals surface area contributed by atoms with Gasteiger partial charge in [0, 0.05) is 0 Å². The van der Waals surface area contributed by atoms with Crippen molar-refractivity contribution < 1.29 is 10.2 Å². The second kappa shape index (κ2) is 1.80. The molecule has 0 aliphatic rings. The molecule has 2 nitrogen and oxygen atoms in total. The Kier molecular flexibility index (Phi) is 1.78. The topological polar surface area (TPSA) is 40.5 Å². The second-order valence-corrected chi connectivity index (χ2v) is 2.14. The van der Waals surface area contributed by atoms with Gasteiger partial charge in [-0.05, 0) is 20.8 Å². The highest BCUT2D eigenvalue weighted by atomic mass is 16.3. The van der Waals surface area contributed by atoms with Crippen molar-refractivity contribution in [3.05, 3.63) is 6.10 Å². The van der Waals surface area contributed by atoms with E-state index in [9.17, 15) is 0 Å². The standard InChI is InChI=1S/C5H11O2/c1-4(6)5(2,3)7/h6-7H,1-3H3. The average molecular weight is 103 g/mol. The van der Waals surface area contributed by atoms with E-state index in [0.717, 1.165) is 0 Å². The quantitative estimate of drug-likeness (QED) is 0.512. The number of hydrogen-bond donors (Lipinski definition) is 2. The summed E-state index contributed by atoms with van der Waals surface area (Å²) in [5.74, 6) is 0. The van der Waals surface area contributed by atoms with Crippen LogP contribution >= 0.6 is 0 Å². The fourth-order valence-electron chi connectivity index (χ4n) is 0. The first kappa shape index (κ1) is 6.92. The van der Waals surface area contributed by atoms with Gasteiger partial charge < -0.3 is 10.2 Å². The number of rotatable bonds is 1. The summed E-state index contributed by atoms with van der Waals surface area (Å²) in [4.78, 5) is 0. The average Bonchev–Trinajstić information content (AvgIpc) is 1.31. The highest BCUT2D eigenvalue weighted by Crippen LogP contribution is 2.12. The third kappa shape index (κ3) is 2.60. The molecule has 2 N–H and O–H groups in total. The maximum atomic E-state index is 8.81. The van der Waals surface area contributed by atoms with Crippen LogP contribution in [0.2, 0.25) is 0 Å². The number of aliphatic hydroxyl groups excluding tert-OH is 1. The zero-order valence-electron chi connectivity index (χ0n) is 4.89. The zero-order valence-corrected chi connectivity index (χ0v) is 4.89. The van der Waals surface area contributed by atoms with Crippen LogP contribution in [0.15, 0.2) is 0 Å². The summed E-state index contributed by atoms with van der Waals surface area (Å²) in [5, 5.41) is 17.4. The van der Waals surface area contributed by atoms with E-state index in [4.69, 9.17) is 10.2 Å². The molecule has 0 saturated carbocycles. The summed E-state index contributed by atoms with van der Waals surface area (Å²) in [5.41, 5.74) is -1.03. The molecule has 7 heavy (non-hydrogen) atoms. The first-order valence-corrected chi connectivity index (χ1v) is 2.20. The van der Waals surface area contributed by atoms with E-state index >= 15 is 0 Å². The molecule has 43 valence electrons. The minimum absolute atomic E-state index is 0.0486. The summed E-state index contributed by atoms with van der Waals surface area (Å²) < 4.78 is 0. The van der Waals surface area contributed by atoms with Gasteiger partial charge in [-0.2, -0.15) is 0 Å². The fraction of sp³-hybridized carbons (Fsp3) is 0.800. The van der Waals surface area contributed by atoms with Gasteiger partial charge in [-0.1, -0.05) is 0 Å². The molecule has 0 aliphatic carbocycles. The number of hydrogen-bond acceptors (Lipinski definition) is 2. The Morgan fingerprint density at radius 3 is 1.57 bits per heavy atom. The maximum Gasteiger partial charge on any atom is 0.121 e. The van der Waals surface area contributed by atoms with Crippen LogP contribution in [0.25, 0.3) is 0 Å². The first-order valence-electron chi connectivity index (χ1n) is 2.20. The van der Waals surface area contributed by atoms with Crippen LogP contribution in [-0.2, 0) is 0 Å². The SMILES string of the molecule is C[C](O)C(C)(C)O. The lowest BCUT2D eigenvalue weighted by atomic mass is 10.0. The van der Waals surface area contributed by atoms with Crippen LogP contribution in [-0.4, -0.2) is 15.8 Å². The Labute approximate surface area is 43.8 Å². The lowest BCUT2D eigenvalue weighted by Crippen LogP contribution is -2.25. The molecule has 0 rings (SSSR count). The Bertz CT molecular complexity index is 51.6. The molecule has 0 amide bonds. The van der Waals surface area contributed by atoms with E-state index in [1.807, 2.05) is 0 Å². The summed E-state index contributed by atoms with van der Waals surface area (Å²) in [6.45, 7) is 4.53. The molecule has 0 aliphatic heterocycles. The van der Waals surface area contributed by atoms with Crippen molar-refractivity contribution in [3.8, 4) is 0 Å². The van der Waals surface area contributed by atoms with Crippen LogP contribution in [0.3, 0.4) is 0 Å². The Morgan fingerprint density at radius 2 is 1.57 bits per heavy atom. The summed E-state index contributed by atoms with van der Waals surface area (Å²) >= 11 is 0. The predicted molar refractivity (Wildman–Crippen MR) is 27.2 cm³/mol. The van der Waals surface area contributed by atoms with Gasteiger partial charge in [0.25, 0.3) is 0 Å². The van der Waals surface area contributed by atoms with Crippen molar-refractivity contribution in [2.24, 2.45) is 0 Å². The van der Waals surface area contributed by atoms with Crippen molar-refractivity contribution in [1.82, 2.24) is 0 Å². The predicted octanol–water partition coefficient (Wildman–Crippen LogP) is 0.682. The molecular weight excluding hydrogens is 92.1 g/mol. The second-order valence-electron chi connectivity index (χ2n) is 2.14. The largest absolute Gasteiger partial charge is 0.387 e. The lowest BCUT2D eigenvalue weighted by molar-refractivity contribution is 0.0275. The van der Waals surface area contributed by atoms with Crippen molar-refractivity contribution in [3.63, 3.8) is 0 Å². The maximum absolute atomic E-state index is 8.81. The zero-order chi connectivity index (χ0) is 6.08. The first-order chi connectivity index (χ1) is 2.94. The van der Waals surface area contributed by atoms with Gasteiger partial charge in [-0.3, -0.25) is 0 Å². The van der Waals surface area contributed by atoms with Crippen molar-refractivity contribution in [2.75, 3.05) is 0 Å². The van der Waals surface area contributed by atoms with E-state index < -0.39 is 5.60 Å². The molecule has 0 aromatic carbocycles. The van der Waals surface area contributed by atoms with Crippen molar-refractivity contribution >= 4 is 0 Å². The molecule has 0 aromatic heterocycles. The molecule has 0 atom stereocenters. The molecule has 0 heterocycles. The van der Waals surface area contributed by atoms with Crippen LogP contribution in [0.1, 0.15) is 20.8 Å². The third-order valence-electron chi connectivity index (χ3n) is 0.885. The lowest BCUT2D eigenvalue weighted by Gasteiger charge is -2.18. The molecule has 2 heteroatoms. The van der Waals surface area contributed by atoms with E-state index in [1.54, 1.807) is 0 Å². The van der Waals surface area contributed by atoms with Crippen LogP contribution in [0.5, 0.6) is 0 Å². The van der Waals surface area contributed by atoms with E-state index in [2.05, 4.69) is 0 Å². The normalized spacial score (nSPS) is 12.9. The van der Waals surface area contributed by atoms with Crippen molar-refractivity contribution in [2.45, 2.75) is 26.4 Å². The van der Waals surface area contributed by atoms with Gasteiger partial charge in [0.2, 0.25) is 0 Å². The van der Waals surface area contributed by atoms with Crippen LogP contribution in [0.4, 0.5) is 0 Å². The summed E-state index contributed by atoms with van der Waals surface area (Å²) in [7, 11) is 0. The van der Waals surface area contributed by atoms with E-state index in [0.29, 0.717) is 0 Å². The molecule has 0 saturated heterocycles. The highest BCUT2D eigenvalue weighted by Gasteiger charge is 2.19. The van der Waals surface area contributed by atoms with Gasteiger partial charge in [-0.15, -0.1) is 0 Å². The Balaban J connectivity index is 3.54. The molecule has 0 unspecified atom stereocenters. The molecule has 0 fully saturated rings. The molecule has 0 bridgehead atoms. The minimum Gasteiger partial charge on any atom is -0.387 e. The summed E-state index contributed by atoms with van der Waals surface area (Å²) in [6.07, 6.45) is 0.0486.